The summed E-state index contributed by atoms with van der Waals surface area (Å²) in [6, 6.07) is 12.6. The van der Waals surface area contributed by atoms with E-state index in [0.717, 1.165) is 16.8 Å². The van der Waals surface area contributed by atoms with Crippen molar-refractivity contribution in [3.8, 4) is 17.2 Å². The second kappa shape index (κ2) is 8.22. The molecular formula is C23H16F3N5O2S. The zero-order valence-electron chi connectivity index (χ0n) is 17.5. The Labute approximate surface area is 195 Å². The zero-order chi connectivity index (χ0) is 23.9. The van der Waals surface area contributed by atoms with Crippen molar-refractivity contribution in [2.45, 2.75) is 37.4 Å². The van der Waals surface area contributed by atoms with Crippen molar-refractivity contribution in [3.05, 3.63) is 64.8 Å². The summed E-state index contributed by atoms with van der Waals surface area (Å²) in [7, 11) is 0. The van der Waals surface area contributed by atoms with Crippen LogP contribution in [-0.4, -0.2) is 26.6 Å². The highest BCUT2D eigenvalue weighted by molar-refractivity contribution is 7.18. The summed E-state index contributed by atoms with van der Waals surface area (Å²) < 4.78 is 45.6. The van der Waals surface area contributed by atoms with Gasteiger partial charge in [0.15, 0.2) is 0 Å². The largest absolute Gasteiger partial charge is 0.424 e. The van der Waals surface area contributed by atoms with Crippen molar-refractivity contribution in [2.24, 2.45) is 0 Å². The summed E-state index contributed by atoms with van der Waals surface area (Å²) in [6.07, 6.45) is -2.99. The maximum atomic E-state index is 13.0. The first kappa shape index (κ1) is 22.0. The lowest BCUT2D eigenvalue weighted by atomic mass is 10.0. The highest BCUT2D eigenvalue weighted by Crippen LogP contribution is 2.35. The number of carbonyl (C=O) groups is 1. The van der Waals surface area contributed by atoms with E-state index in [1.165, 1.54) is 17.4 Å². The summed E-state index contributed by atoms with van der Waals surface area (Å²) in [5.41, 5.74) is 0.279. The minimum absolute atomic E-state index is 0.114. The van der Waals surface area contributed by atoms with Gasteiger partial charge >= 0.3 is 6.18 Å². The van der Waals surface area contributed by atoms with E-state index in [0.29, 0.717) is 40.4 Å². The number of nitrogens with one attached hydrogen (secondary N) is 1. The van der Waals surface area contributed by atoms with Crippen LogP contribution in [0.2, 0.25) is 0 Å². The molecule has 5 rings (SSSR count). The first-order valence-electron chi connectivity index (χ1n) is 10.3. The minimum atomic E-state index is -4.41. The highest BCUT2D eigenvalue weighted by atomic mass is 32.1. The third-order valence-corrected chi connectivity index (χ3v) is 6.46. The lowest BCUT2D eigenvalue weighted by Gasteiger charge is -2.08. The number of alkyl halides is 3. The molecule has 0 radical (unpaired) electrons. The second-order valence-electron chi connectivity index (χ2n) is 8.05. The van der Waals surface area contributed by atoms with E-state index in [1.807, 2.05) is 6.07 Å². The van der Waals surface area contributed by atoms with Crippen molar-refractivity contribution in [3.63, 3.8) is 0 Å². The molecule has 1 saturated carbocycles. The predicted octanol–water partition coefficient (Wildman–Crippen LogP) is 4.67. The standard InChI is InChI=1S/C23H16F3N5O2S/c24-23(25,26)15-3-1-2-13(8-15)14-4-5-17-16(9-14)28-21(34-17)11-20-31-30-19(33-20)10-18(32)29-22(12-27)6-7-22/h1-5,8-9H,6-7,10-11H2,(H,29,32). The molecule has 7 nitrogen and oxygen atoms in total. The average molecular weight is 483 g/mol. The number of amides is 1. The van der Waals surface area contributed by atoms with Gasteiger partial charge in [0.2, 0.25) is 17.7 Å². The second-order valence-corrected chi connectivity index (χ2v) is 9.17. The highest BCUT2D eigenvalue weighted by Gasteiger charge is 2.44. The number of hydrogen-bond donors (Lipinski definition) is 1. The third kappa shape index (κ3) is 4.63. The fourth-order valence-electron chi connectivity index (χ4n) is 3.50. The van der Waals surface area contributed by atoms with E-state index < -0.39 is 17.3 Å². The predicted molar refractivity (Wildman–Crippen MR) is 117 cm³/mol. The Bertz CT molecular complexity index is 1430. The van der Waals surface area contributed by atoms with Crippen molar-refractivity contribution in [2.75, 3.05) is 0 Å². The molecule has 4 aromatic rings. The molecule has 172 valence electrons. The van der Waals surface area contributed by atoms with Gasteiger partial charge in [-0.15, -0.1) is 21.5 Å². The Kier molecular flexibility index (Phi) is 5.32. The molecule has 0 aliphatic heterocycles. The minimum Gasteiger partial charge on any atom is -0.424 e. The van der Waals surface area contributed by atoms with Crippen LogP contribution in [0, 0.1) is 11.3 Å². The van der Waals surface area contributed by atoms with Gasteiger partial charge in [0.05, 0.1) is 28.3 Å². The van der Waals surface area contributed by atoms with Crippen molar-refractivity contribution >= 4 is 27.5 Å². The van der Waals surface area contributed by atoms with E-state index in [2.05, 4.69) is 26.6 Å². The molecule has 0 spiro atoms. The van der Waals surface area contributed by atoms with Crippen LogP contribution in [0.3, 0.4) is 0 Å². The number of carbonyl (C=O) groups excluding carboxylic acids is 1. The SMILES string of the molecule is N#CC1(NC(=O)Cc2nnc(Cc3nc4cc(-c5cccc(C(F)(F)F)c5)ccc4s3)o2)CC1. The summed E-state index contributed by atoms with van der Waals surface area (Å²) in [5.74, 6) is 0.0897. The number of thiazole rings is 1. The maximum absolute atomic E-state index is 13.0. The van der Waals surface area contributed by atoms with Gasteiger partial charge in [-0.2, -0.15) is 18.4 Å². The lowest BCUT2D eigenvalue weighted by molar-refractivity contribution is -0.137. The van der Waals surface area contributed by atoms with Gasteiger partial charge in [0.1, 0.15) is 17.0 Å². The molecule has 0 bridgehead atoms. The van der Waals surface area contributed by atoms with E-state index in [4.69, 9.17) is 9.68 Å². The third-order valence-electron chi connectivity index (χ3n) is 5.42. The Morgan fingerprint density at radius 3 is 2.65 bits per heavy atom. The summed E-state index contributed by atoms with van der Waals surface area (Å²) in [6.45, 7) is 0. The Morgan fingerprint density at radius 1 is 1.15 bits per heavy atom. The molecule has 1 aliphatic carbocycles. The van der Waals surface area contributed by atoms with Crippen LogP contribution in [0.5, 0.6) is 0 Å². The van der Waals surface area contributed by atoms with Gasteiger partial charge in [-0.25, -0.2) is 4.98 Å². The maximum Gasteiger partial charge on any atom is 0.416 e. The number of fused-ring (bicyclic) bond motifs is 1. The fraction of sp³-hybridized carbons (Fsp3) is 0.261. The summed E-state index contributed by atoms with van der Waals surface area (Å²) in [5, 5.41) is 20.3. The molecule has 2 aromatic carbocycles. The molecule has 0 saturated heterocycles. The number of benzene rings is 2. The van der Waals surface area contributed by atoms with Crippen LogP contribution in [0.25, 0.3) is 21.3 Å². The molecule has 1 fully saturated rings. The Morgan fingerprint density at radius 2 is 1.91 bits per heavy atom. The van der Waals surface area contributed by atoms with Crippen molar-refractivity contribution in [1.29, 1.82) is 5.26 Å². The monoisotopic (exact) mass is 483 g/mol. The number of halogens is 3. The first-order chi connectivity index (χ1) is 16.2. The van der Waals surface area contributed by atoms with Crippen LogP contribution >= 0.6 is 11.3 Å². The normalized spacial score (nSPS) is 14.6. The van der Waals surface area contributed by atoms with Crippen LogP contribution in [0.4, 0.5) is 13.2 Å². The van der Waals surface area contributed by atoms with Gasteiger partial charge in [0.25, 0.3) is 0 Å². The molecule has 1 N–H and O–H groups in total. The van der Waals surface area contributed by atoms with Crippen LogP contribution in [-0.2, 0) is 23.8 Å². The molecule has 0 unspecified atom stereocenters. The summed E-state index contributed by atoms with van der Waals surface area (Å²) >= 11 is 1.41. The average Bonchev–Trinajstić information content (AvgIpc) is 3.24. The van der Waals surface area contributed by atoms with Crippen molar-refractivity contribution < 1.29 is 22.4 Å². The molecule has 34 heavy (non-hydrogen) atoms. The Hall–Kier alpha value is -3.78. The molecule has 2 aromatic heterocycles. The molecule has 1 amide bonds. The molecular weight excluding hydrogens is 467 g/mol. The number of hydrogen-bond acceptors (Lipinski definition) is 7. The van der Waals surface area contributed by atoms with Gasteiger partial charge in [-0.3, -0.25) is 4.79 Å². The van der Waals surface area contributed by atoms with Crippen LogP contribution in [0.1, 0.15) is 35.2 Å². The number of rotatable bonds is 6. The summed E-state index contributed by atoms with van der Waals surface area (Å²) in [4.78, 5) is 16.6. The number of nitriles is 1. The Balaban J connectivity index is 1.29. The van der Waals surface area contributed by atoms with Gasteiger partial charge in [0, 0.05) is 0 Å². The zero-order valence-corrected chi connectivity index (χ0v) is 18.3. The van der Waals surface area contributed by atoms with E-state index in [-0.39, 0.29) is 24.6 Å². The van der Waals surface area contributed by atoms with Crippen molar-refractivity contribution in [1.82, 2.24) is 20.5 Å². The first-order valence-corrected chi connectivity index (χ1v) is 11.2. The van der Waals surface area contributed by atoms with E-state index in [9.17, 15) is 18.0 Å². The van der Waals surface area contributed by atoms with Gasteiger partial charge < -0.3 is 9.73 Å². The van der Waals surface area contributed by atoms with E-state index in [1.54, 1.807) is 18.2 Å². The molecule has 1 aliphatic rings. The molecule has 2 heterocycles. The van der Waals surface area contributed by atoms with Gasteiger partial charge in [-0.05, 0) is 48.2 Å². The lowest BCUT2D eigenvalue weighted by Crippen LogP contribution is -2.36. The molecule has 0 atom stereocenters. The quantitative estimate of drug-likeness (QED) is 0.427. The van der Waals surface area contributed by atoms with Crippen LogP contribution < -0.4 is 5.32 Å². The van der Waals surface area contributed by atoms with E-state index >= 15 is 0 Å². The van der Waals surface area contributed by atoms with Crippen LogP contribution in [0.15, 0.2) is 46.9 Å². The smallest absolute Gasteiger partial charge is 0.416 e. The molecule has 11 heteroatoms. The topological polar surface area (TPSA) is 105 Å². The fourth-order valence-corrected chi connectivity index (χ4v) is 4.44. The van der Waals surface area contributed by atoms with Gasteiger partial charge in [-0.1, -0.05) is 18.2 Å². The number of aromatic nitrogens is 3. The number of nitrogens with zero attached hydrogens (tertiary/aromatic N) is 4.